The molecule has 0 aromatic heterocycles. The molecular weight excluding hydrogens is 441 g/mol. The summed E-state index contributed by atoms with van der Waals surface area (Å²) in [6.45, 7) is 8.57. The van der Waals surface area contributed by atoms with Gasteiger partial charge in [0.25, 0.3) is 0 Å². The highest BCUT2D eigenvalue weighted by molar-refractivity contribution is 14.0. The summed E-state index contributed by atoms with van der Waals surface area (Å²) in [6, 6.07) is 13.6. The molecule has 0 spiro atoms. The number of nitrogens with zero attached hydrogens (tertiary/aromatic N) is 1. The van der Waals surface area contributed by atoms with Gasteiger partial charge in [-0.1, -0.05) is 18.2 Å². The van der Waals surface area contributed by atoms with Crippen LogP contribution in [0, 0.1) is 6.92 Å². The molecule has 0 saturated heterocycles. The van der Waals surface area contributed by atoms with Crippen molar-refractivity contribution in [1.29, 1.82) is 0 Å². The van der Waals surface area contributed by atoms with Gasteiger partial charge in [-0.15, -0.1) is 24.0 Å². The maximum absolute atomic E-state index is 6.05. The lowest BCUT2D eigenvalue weighted by molar-refractivity contribution is 0.129. The molecule has 142 valence electrons. The van der Waals surface area contributed by atoms with Crippen molar-refractivity contribution in [3.63, 3.8) is 0 Å². The Morgan fingerprint density at radius 1 is 1.15 bits per heavy atom. The van der Waals surface area contributed by atoms with E-state index in [0.29, 0.717) is 12.5 Å². The van der Waals surface area contributed by atoms with E-state index in [2.05, 4.69) is 10.3 Å². The minimum Gasteiger partial charge on any atom is -0.497 e. The smallest absolute Gasteiger partial charge is 0.193 e. The zero-order valence-corrected chi connectivity index (χ0v) is 18.3. The number of aryl methyl sites for hydroxylation is 1. The second-order valence-electron chi connectivity index (χ2n) is 6.88. The van der Waals surface area contributed by atoms with E-state index in [4.69, 9.17) is 15.2 Å². The van der Waals surface area contributed by atoms with Crippen LogP contribution in [0.2, 0.25) is 0 Å². The van der Waals surface area contributed by atoms with Crippen molar-refractivity contribution in [2.75, 3.05) is 12.4 Å². The van der Waals surface area contributed by atoms with Gasteiger partial charge in [-0.05, 0) is 51.5 Å². The van der Waals surface area contributed by atoms with E-state index in [1.165, 1.54) is 0 Å². The first-order valence-corrected chi connectivity index (χ1v) is 8.26. The number of methoxy groups -OCH3 is 1. The minimum atomic E-state index is -0.267. The first-order valence-electron chi connectivity index (χ1n) is 8.26. The molecule has 5 nitrogen and oxygen atoms in total. The molecule has 0 unspecified atom stereocenters. The van der Waals surface area contributed by atoms with Crippen molar-refractivity contribution in [2.45, 2.75) is 39.8 Å². The van der Waals surface area contributed by atoms with E-state index in [9.17, 15) is 0 Å². The molecule has 3 N–H and O–H groups in total. The number of benzene rings is 2. The molecule has 0 aliphatic rings. The fourth-order valence-electron chi connectivity index (χ4n) is 2.28. The van der Waals surface area contributed by atoms with Crippen LogP contribution in [0.25, 0.3) is 0 Å². The van der Waals surface area contributed by atoms with Crippen LogP contribution >= 0.6 is 24.0 Å². The summed E-state index contributed by atoms with van der Waals surface area (Å²) in [4.78, 5) is 4.43. The fourth-order valence-corrected chi connectivity index (χ4v) is 2.28. The number of ether oxygens (including phenoxy) is 2. The second-order valence-corrected chi connectivity index (χ2v) is 6.88. The number of nitrogens with one attached hydrogen (secondary N) is 1. The van der Waals surface area contributed by atoms with Gasteiger partial charge in [0.15, 0.2) is 5.96 Å². The molecule has 6 heteroatoms. The van der Waals surface area contributed by atoms with E-state index in [1.54, 1.807) is 7.11 Å². The number of nitrogens with two attached hydrogens (primary N) is 1. The molecule has 2 rings (SSSR count). The van der Waals surface area contributed by atoms with Gasteiger partial charge in [-0.3, -0.25) is 0 Å². The van der Waals surface area contributed by atoms with Gasteiger partial charge in [0, 0.05) is 17.3 Å². The Morgan fingerprint density at radius 2 is 1.88 bits per heavy atom. The summed E-state index contributed by atoms with van der Waals surface area (Å²) in [5.74, 6) is 1.94. The highest BCUT2D eigenvalue weighted by atomic mass is 127. The van der Waals surface area contributed by atoms with Crippen molar-refractivity contribution in [3.8, 4) is 11.5 Å². The van der Waals surface area contributed by atoms with Crippen molar-refractivity contribution in [3.05, 3.63) is 53.6 Å². The fraction of sp³-hybridized carbons (Fsp3) is 0.350. The molecule has 2 aromatic carbocycles. The summed E-state index contributed by atoms with van der Waals surface area (Å²) >= 11 is 0. The van der Waals surface area contributed by atoms with Gasteiger partial charge < -0.3 is 20.5 Å². The normalized spacial score (nSPS) is 11.5. The number of halogens is 1. The van der Waals surface area contributed by atoms with Gasteiger partial charge in [0.1, 0.15) is 17.1 Å². The number of hydrogen-bond acceptors (Lipinski definition) is 3. The molecule has 0 radical (unpaired) electrons. The van der Waals surface area contributed by atoms with Gasteiger partial charge in [0.05, 0.1) is 13.7 Å². The largest absolute Gasteiger partial charge is 0.497 e. The summed E-state index contributed by atoms with van der Waals surface area (Å²) in [7, 11) is 1.63. The standard InChI is InChI=1S/C20H27N3O2.HI/c1-14-9-10-15(18(11-14)25-20(2,3)4)13-22-19(21)23-16-7-6-8-17(12-16)24-5;/h6-12H,13H2,1-5H3,(H3,21,22,23);1H. The zero-order chi connectivity index (χ0) is 18.4. The predicted molar refractivity (Wildman–Crippen MR) is 119 cm³/mol. The summed E-state index contributed by atoms with van der Waals surface area (Å²) in [5.41, 5.74) is 8.72. The third-order valence-electron chi connectivity index (χ3n) is 3.40. The SMILES string of the molecule is COc1cccc(NC(N)=NCc2ccc(C)cc2OC(C)(C)C)c1.I. The lowest BCUT2D eigenvalue weighted by Gasteiger charge is -2.23. The lowest BCUT2D eigenvalue weighted by Crippen LogP contribution is -2.24. The Morgan fingerprint density at radius 3 is 2.54 bits per heavy atom. The maximum Gasteiger partial charge on any atom is 0.193 e. The van der Waals surface area contributed by atoms with Crippen LogP contribution in [-0.2, 0) is 6.54 Å². The molecule has 0 bridgehead atoms. The quantitative estimate of drug-likeness (QED) is 0.378. The second kappa shape index (κ2) is 9.66. The van der Waals surface area contributed by atoms with Crippen molar-refractivity contribution in [2.24, 2.45) is 10.7 Å². The van der Waals surface area contributed by atoms with Crippen LogP contribution in [0.3, 0.4) is 0 Å². The number of guanidine groups is 1. The van der Waals surface area contributed by atoms with E-state index in [1.807, 2.05) is 70.2 Å². The molecule has 26 heavy (non-hydrogen) atoms. The van der Waals surface area contributed by atoms with Crippen LogP contribution in [0.15, 0.2) is 47.5 Å². The molecule has 0 aliphatic heterocycles. The van der Waals surface area contributed by atoms with E-state index < -0.39 is 0 Å². The predicted octanol–water partition coefficient (Wildman–Crippen LogP) is 4.73. The van der Waals surface area contributed by atoms with Crippen LogP contribution in [0.1, 0.15) is 31.9 Å². The maximum atomic E-state index is 6.05. The van der Waals surface area contributed by atoms with Crippen LogP contribution in [0.5, 0.6) is 11.5 Å². The number of aliphatic imine (C=N–C) groups is 1. The van der Waals surface area contributed by atoms with Crippen molar-refractivity contribution in [1.82, 2.24) is 0 Å². The summed E-state index contributed by atoms with van der Waals surface area (Å²) in [5, 5.41) is 3.07. The van der Waals surface area contributed by atoms with Gasteiger partial charge in [0.2, 0.25) is 0 Å². The Hall–Kier alpha value is -1.96. The highest BCUT2D eigenvalue weighted by Gasteiger charge is 2.14. The Labute approximate surface area is 173 Å². The number of rotatable bonds is 5. The zero-order valence-electron chi connectivity index (χ0n) is 16.0. The topological polar surface area (TPSA) is 68.9 Å². The van der Waals surface area contributed by atoms with Crippen molar-refractivity contribution < 1.29 is 9.47 Å². The van der Waals surface area contributed by atoms with Gasteiger partial charge in [-0.25, -0.2) is 4.99 Å². The third kappa shape index (κ3) is 7.11. The summed E-state index contributed by atoms with van der Waals surface area (Å²) in [6.07, 6.45) is 0. The number of anilines is 1. The minimum absolute atomic E-state index is 0. The van der Waals surface area contributed by atoms with Crippen molar-refractivity contribution >= 4 is 35.6 Å². The average Bonchev–Trinajstić information content (AvgIpc) is 2.53. The van der Waals surface area contributed by atoms with Gasteiger partial charge in [-0.2, -0.15) is 0 Å². The molecule has 0 fully saturated rings. The van der Waals surface area contributed by atoms with Crippen LogP contribution < -0.4 is 20.5 Å². The highest BCUT2D eigenvalue weighted by Crippen LogP contribution is 2.25. The van der Waals surface area contributed by atoms with E-state index in [0.717, 1.165) is 28.3 Å². The summed E-state index contributed by atoms with van der Waals surface area (Å²) < 4.78 is 11.2. The van der Waals surface area contributed by atoms with Crippen LogP contribution in [-0.4, -0.2) is 18.7 Å². The third-order valence-corrected chi connectivity index (χ3v) is 3.40. The monoisotopic (exact) mass is 469 g/mol. The first kappa shape index (κ1) is 22.1. The van der Waals surface area contributed by atoms with Gasteiger partial charge >= 0.3 is 0 Å². The Balaban J connectivity index is 0.00000338. The Kier molecular flexibility index (Phi) is 8.20. The van der Waals surface area contributed by atoms with E-state index in [-0.39, 0.29) is 29.6 Å². The molecular formula is C20H28IN3O2. The Bertz CT molecular complexity index is 755. The lowest BCUT2D eigenvalue weighted by atomic mass is 10.1. The van der Waals surface area contributed by atoms with Crippen LogP contribution in [0.4, 0.5) is 5.69 Å². The molecule has 0 aliphatic carbocycles. The molecule has 0 atom stereocenters. The molecule has 2 aromatic rings. The number of hydrogen-bond donors (Lipinski definition) is 2. The average molecular weight is 469 g/mol. The first-order chi connectivity index (χ1) is 11.8. The van der Waals surface area contributed by atoms with E-state index >= 15 is 0 Å². The molecule has 0 amide bonds. The molecule has 0 saturated carbocycles. The molecule has 0 heterocycles.